The predicted molar refractivity (Wildman–Crippen MR) is 270 cm³/mol. The fourth-order valence-electron chi connectivity index (χ4n) is 7.65. The standard InChI is InChI=1S/C46H70N12O13S2/c1-6-14-71-27-17-34(44(68)55-30(15-23(3)4)40(64)51-19-37(50)62)58(20-27)46(70)33-22-73-72-21-28(47)39(63)53-31(16-25-8-10-26(59)11-9-25)43(67)57-38(24(5)7-2)45(69)52-29(12-13-35(48)60)41(65)54-32(18-36(49)61)42(66)56-33/h6,8-11,23-24,27-34,38,59H,1,7,12-22,47H2,2-5H3,(H2,48,60)(H2,49,61)(H2,50,62)(H,51,64)(H,52,69)(H,53,63)(H,54,65)(H,55,68)(H,56,66)(H,57,67)/t24-,27-,28-,29-,30-,31-,32-,33-,34-,38-/m0/s1. The van der Waals surface area contributed by atoms with Gasteiger partial charge in [-0.2, -0.15) is 0 Å². The molecule has 0 aromatic heterocycles. The van der Waals surface area contributed by atoms with Crippen LogP contribution in [-0.4, -0.2) is 161 Å². The number of rotatable bonds is 20. The van der Waals surface area contributed by atoms with E-state index in [1.165, 1.54) is 30.3 Å². The monoisotopic (exact) mass is 1060 g/mol. The zero-order valence-electron chi connectivity index (χ0n) is 41.3. The molecule has 27 heteroatoms. The van der Waals surface area contributed by atoms with E-state index in [0.717, 1.165) is 26.5 Å². The van der Waals surface area contributed by atoms with E-state index >= 15 is 0 Å². The molecule has 2 fully saturated rings. The summed E-state index contributed by atoms with van der Waals surface area (Å²) in [6.07, 6.45) is -0.711. The van der Waals surface area contributed by atoms with Crippen LogP contribution in [0.25, 0.3) is 0 Å². The van der Waals surface area contributed by atoms with Crippen molar-refractivity contribution in [2.24, 2.45) is 34.8 Å². The molecule has 10 atom stereocenters. The van der Waals surface area contributed by atoms with Gasteiger partial charge in [-0.15, -0.1) is 6.58 Å². The van der Waals surface area contributed by atoms with Crippen LogP contribution in [-0.2, 0) is 63.9 Å². The van der Waals surface area contributed by atoms with Gasteiger partial charge in [-0.1, -0.05) is 73.9 Å². The minimum atomic E-state index is -1.79. The number of nitrogens with zero attached hydrogens (tertiary/aromatic N) is 1. The number of primary amides is 3. The highest BCUT2D eigenvalue weighted by atomic mass is 33.1. The number of likely N-dealkylation sites (tertiary alicyclic amines) is 1. The van der Waals surface area contributed by atoms with Crippen LogP contribution in [0, 0.1) is 11.8 Å². The van der Waals surface area contributed by atoms with Crippen molar-refractivity contribution >= 4 is 86.6 Å². The Morgan fingerprint density at radius 3 is 2.05 bits per heavy atom. The van der Waals surface area contributed by atoms with Gasteiger partial charge in [0.05, 0.1) is 31.7 Å². The lowest BCUT2D eigenvalue weighted by Crippen LogP contribution is -2.61. The number of aromatic hydroxyl groups is 1. The van der Waals surface area contributed by atoms with Crippen molar-refractivity contribution in [1.29, 1.82) is 0 Å². The normalized spacial score (nSPS) is 24.6. The van der Waals surface area contributed by atoms with E-state index in [0.29, 0.717) is 12.0 Å². The molecule has 3 rings (SSSR count). The molecule has 1 aromatic carbocycles. The van der Waals surface area contributed by atoms with Gasteiger partial charge in [0.15, 0.2) is 0 Å². The van der Waals surface area contributed by atoms with Crippen LogP contribution in [0.4, 0.5) is 0 Å². The van der Waals surface area contributed by atoms with Crippen molar-refractivity contribution in [3.63, 3.8) is 0 Å². The van der Waals surface area contributed by atoms with Crippen LogP contribution < -0.4 is 60.2 Å². The number of nitrogens with one attached hydrogen (secondary N) is 7. The van der Waals surface area contributed by atoms with Crippen molar-refractivity contribution < 1.29 is 62.6 Å². The smallest absolute Gasteiger partial charge is 0.246 e. The van der Waals surface area contributed by atoms with E-state index in [1.54, 1.807) is 27.7 Å². The Morgan fingerprint density at radius 2 is 1.45 bits per heavy atom. The Hall–Kier alpha value is -6.45. The van der Waals surface area contributed by atoms with Crippen molar-refractivity contribution in [1.82, 2.24) is 42.1 Å². The van der Waals surface area contributed by atoms with Crippen LogP contribution in [0.15, 0.2) is 36.9 Å². The number of amides is 11. The first-order valence-electron chi connectivity index (χ1n) is 23.7. The zero-order valence-corrected chi connectivity index (χ0v) is 43.0. The summed E-state index contributed by atoms with van der Waals surface area (Å²) in [5.74, 6) is -10.9. The Bertz CT molecular complexity index is 2170. The van der Waals surface area contributed by atoms with Gasteiger partial charge in [-0.05, 0) is 42.4 Å². The molecule has 0 aliphatic carbocycles. The molecule has 0 spiro atoms. The molecule has 0 radical (unpaired) electrons. The third kappa shape index (κ3) is 20.2. The third-order valence-electron chi connectivity index (χ3n) is 11.7. The van der Waals surface area contributed by atoms with Gasteiger partial charge >= 0.3 is 0 Å². The molecule has 2 aliphatic heterocycles. The van der Waals surface area contributed by atoms with E-state index in [4.69, 9.17) is 27.7 Å². The molecule has 11 amide bonds. The number of nitrogens with two attached hydrogens (primary N) is 4. The van der Waals surface area contributed by atoms with Crippen LogP contribution in [0.2, 0.25) is 0 Å². The van der Waals surface area contributed by atoms with Gasteiger partial charge in [-0.25, -0.2) is 0 Å². The summed E-state index contributed by atoms with van der Waals surface area (Å²) < 4.78 is 5.86. The second-order valence-electron chi connectivity index (χ2n) is 18.2. The summed E-state index contributed by atoms with van der Waals surface area (Å²) in [6.45, 7) is 9.97. The van der Waals surface area contributed by atoms with Gasteiger partial charge in [0.1, 0.15) is 48.0 Å². The molecule has 2 saturated heterocycles. The SMILES string of the molecule is C=CCO[C@H]1C[C@@H](C(=O)N[C@@H](CC(C)C)C(=O)NCC(N)=O)N(C(=O)[C@@H]2CSSC[C@H](N)C(=O)N[C@@H](Cc3ccc(O)cc3)C(=O)N[C@@H]([C@@H](C)CC)C(=O)N[C@@H](CCC(N)=O)C(=O)N[C@@H](CC(N)=O)C(=O)N2)C1. The Kier molecular flexibility index (Phi) is 24.9. The Balaban J connectivity index is 2.12. The second-order valence-corrected chi connectivity index (χ2v) is 20.8. The Morgan fingerprint density at radius 1 is 0.836 bits per heavy atom. The van der Waals surface area contributed by atoms with Gasteiger partial charge in [0, 0.05) is 37.3 Å². The fourth-order valence-corrected chi connectivity index (χ4v) is 9.93. The molecular weight excluding hydrogens is 993 g/mol. The molecular formula is C46H70N12O13S2. The highest BCUT2D eigenvalue weighted by Gasteiger charge is 2.44. The first kappa shape index (κ1) is 60.9. The molecule has 0 saturated carbocycles. The topological polar surface area (TPSA) is 409 Å². The maximum atomic E-state index is 14.8. The minimum absolute atomic E-state index is 0.0307. The lowest BCUT2D eigenvalue weighted by molar-refractivity contribution is -0.142. The number of carbonyl (C=O) groups is 11. The molecule has 16 N–H and O–H groups in total. The first-order chi connectivity index (χ1) is 34.4. The molecule has 404 valence electrons. The van der Waals surface area contributed by atoms with E-state index in [2.05, 4.69) is 43.8 Å². The van der Waals surface area contributed by atoms with Crippen LogP contribution >= 0.6 is 21.6 Å². The summed E-state index contributed by atoms with van der Waals surface area (Å²) >= 11 is 0. The summed E-state index contributed by atoms with van der Waals surface area (Å²) in [5, 5.41) is 27.7. The van der Waals surface area contributed by atoms with E-state index in [1.807, 2.05) is 0 Å². The fraction of sp³-hybridized carbons (Fsp3) is 0.587. The van der Waals surface area contributed by atoms with Crippen LogP contribution in [0.1, 0.15) is 71.8 Å². The molecule has 2 heterocycles. The largest absolute Gasteiger partial charge is 0.508 e. The van der Waals surface area contributed by atoms with Gasteiger partial charge in [0.25, 0.3) is 0 Å². The maximum Gasteiger partial charge on any atom is 0.246 e. The molecule has 73 heavy (non-hydrogen) atoms. The number of hydrogen-bond donors (Lipinski definition) is 12. The second kappa shape index (κ2) is 29.9. The summed E-state index contributed by atoms with van der Waals surface area (Å²) in [6, 6.07) is -5.53. The molecule has 0 bridgehead atoms. The average Bonchev–Trinajstić information content (AvgIpc) is 3.76. The van der Waals surface area contributed by atoms with Gasteiger partial charge in [-0.3, -0.25) is 52.7 Å². The van der Waals surface area contributed by atoms with Gasteiger partial charge in [0.2, 0.25) is 65.0 Å². The number of phenolic OH excluding ortho intramolecular Hbond substituents is 1. The minimum Gasteiger partial charge on any atom is -0.508 e. The number of hydrogen-bond acceptors (Lipinski definition) is 16. The van der Waals surface area contributed by atoms with Crippen LogP contribution in [0.3, 0.4) is 0 Å². The zero-order chi connectivity index (χ0) is 54.5. The molecule has 2 aliphatic rings. The van der Waals surface area contributed by atoms with Gasteiger partial charge < -0.3 is 74.9 Å². The first-order valence-corrected chi connectivity index (χ1v) is 26.2. The van der Waals surface area contributed by atoms with Crippen LogP contribution in [0.5, 0.6) is 5.75 Å². The molecule has 25 nitrogen and oxygen atoms in total. The third-order valence-corrected chi connectivity index (χ3v) is 14.2. The maximum absolute atomic E-state index is 14.8. The quantitative estimate of drug-likeness (QED) is 0.0447. The summed E-state index contributed by atoms with van der Waals surface area (Å²) in [4.78, 5) is 150. The number of phenols is 1. The molecule has 1 aromatic rings. The Labute approximate surface area is 431 Å². The number of benzene rings is 1. The summed E-state index contributed by atoms with van der Waals surface area (Å²) in [7, 11) is 1.99. The average molecular weight is 1060 g/mol. The number of ether oxygens (including phenoxy) is 1. The van der Waals surface area contributed by atoms with Crippen molar-refractivity contribution in [2.75, 3.05) is 31.2 Å². The van der Waals surface area contributed by atoms with Crippen molar-refractivity contribution in [3.05, 3.63) is 42.5 Å². The summed E-state index contributed by atoms with van der Waals surface area (Å²) in [5.41, 5.74) is 23.0. The van der Waals surface area contributed by atoms with Crippen molar-refractivity contribution in [2.45, 2.75) is 127 Å². The van der Waals surface area contributed by atoms with E-state index in [9.17, 15) is 57.8 Å². The van der Waals surface area contributed by atoms with Crippen molar-refractivity contribution in [3.8, 4) is 5.75 Å². The predicted octanol–water partition coefficient (Wildman–Crippen LogP) is -3.43. The highest BCUT2D eigenvalue weighted by Crippen LogP contribution is 2.27. The van der Waals surface area contributed by atoms with E-state index < -0.39 is 151 Å². The lowest BCUT2D eigenvalue weighted by atomic mass is 9.96. The molecule has 0 unspecified atom stereocenters. The lowest BCUT2D eigenvalue weighted by Gasteiger charge is -2.31. The number of carbonyl (C=O) groups excluding carboxylic acids is 11. The van der Waals surface area contributed by atoms with E-state index in [-0.39, 0.29) is 55.6 Å². The highest BCUT2D eigenvalue weighted by molar-refractivity contribution is 8.76.